The van der Waals surface area contributed by atoms with Gasteiger partial charge in [-0.25, -0.2) is 0 Å². The van der Waals surface area contributed by atoms with Crippen LogP contribution in [-0.2, 0) is 0 Å². The average molecular weight is 302 g/mol. The first-order valence-electron chi connectivity index (χ1n) is 0. The van der Waals surface area contributed by atoms with E-state index in [1.54, 1.807) is 0 Å². The van der Waals surface area contributed by atoms with Gasteiger partial charge in [-0.05, 0) is 0 Å². The smallest absolute Gasteiger partial charge is 1.00 e. The molecule has 0 bridgehead atoms. The maximum absolute atomic E-state index is 0. The first-order chi connectivity index (χ1) is 0. The zero-order valence-electron chi connectivity index (χ0n) is 3.12. The van der Waals surface area contributed by atoms with Gasteiger partial charge in [-0.3, -0.25) is 0 Å². The summed E-state index contributed by atoms with van der Waals surface area (Å²) in [5.74, 6) is 0. The van der Waals surface area contributed by atoms with Crippen LogP contribution in [0.1, 0.15) is 1.43 Å². The van der Waals surface area contributed by atoms with Crippen LogP contribution in [0.2, 0.25) is 0 Å². The summed E-state index contributed by atoms with van der Waals surface area (Å²) in [7, 11) is 0. The van der Waals surface area contributed by atoms with E-state index in [0.717, 1.165) is 0 Å². The maximum atomic E-state index is 0. The molecule has 0 rings (SSSR count). The summed E-state index contributed by atoms with van der Waals surface area (Å²) in [6.07, 6.45) is 0. The van der Waals surface area contributed by atoms with E-state index in [-0.39, 0.29) is 87.0 Å². The van der Waals surface area contributed by atoms with Gasteiger partial charge in [0, 0.05) is 0 Å². The molecule has 0 saturated heterocycles. The monoisotopic (exact) mass is 302 g/mol. The molecule has 0 radical (unpaired) electrons. The first-order valence-corrected chi connectivity index (χ1v) is 0. The van der Waals surface area contributed by atoms with E-state index in [9.17, 15) is 0 Å². The third kappa shape index (κ3) is 8.83. The topological polar surface area (TPSA) is 0 Å². The van der Waals surface area contributed by atoms with Crippen molar-refractivity contribution in [3.05, 3.63) is 0 Å². The Morgan fingerprint density at radius 2 is 1.25 bits per heavy atom. The second-order valence-corrected chi connectivity index (χ2v) is 0. The van der Waals surface area contributed by atoms with Gasteiger partial charge in [-0.1, -0.05) is 0 Å². The van der Waals surface area contributed by atoms with Crippen LogP contribution in [0.25, 0.3) is 0 Å². The summed E-state index contributed by atoms with van der Waals surface area (Å²) in [6.45, 7) is 0. The second kappa shape index (κ2) is 17.3. The molecule has 0 aromatic carbocycles. The Morgan fingerprint density at radius 3 is 1.25 bits per heavy atom. The Balaban J connectivity index is 0. The van der Waals surface area contributed by atoms with Gasteiger partial charge >= 0.3 is 55.8 Å². The summed E-state index contributed by atoms with van der Waals surface area (Å²) in [6, 6.07) is 0. The van der Waals surface area contributed by atoms with Crippen LogP contribution in [0.4, 0.5) is 0 Å². The molecule has 0 aromatic rings. The molecular weight excluding hydrogens is 294 g/mol. The predicted molar refractivity (Wildman–Crippen MR) is 28.2 cm³/mol. The molecule has 0 aliphatic heterocycles. The van der Waals surface area contributed by atoms with Gasteiger partial charge in [0.25, 0.3) is 0 Å². The van der Waals surface area contributed by atoms with E-state index in [2.05, 4.69) is 0 Å². The van der Waals surface area contributed by atoms with E-state index >= 15 is 0 Å². The molecule has 24 valence electrons. The second-order valence-electron chi connectivity index (χ2n) is 0. The standard InChI is InChI=1S/Al.Bi.ClH.Na.7H/h;;1H;;;;;;;;/q;;;+1;;;;;;;-1. The fraction of sp³-hybridized carbons (Fsp3) is 0. The molecule has 4 heavy (non-hydrogen) atoms. The van der Waals surface area contributed by atoms with Gasteiger partial charge in [0.05, 0.1) is 0 Å². The zero-order valence-corrected chi connectivity index (χ0v) is 10.4. The molecule has 0 aromatic heterocycles. The third-order valence-corrected chi connectivity index (χ3v) is 0. The Bertz CT molecular complexity index is 11.6. The van der Waals surface area contributed by atoms with Crippen molar-refractivity contribution >= 4 is 56.0 Å². The Kier molecular flexibility index (Phi) is 129. The minimum atomic E-state index is 0. The third-order valence-electron chi connectivity index (χ3n) is 0. The molecule has 0 spiro atoms. The van der Waals surface area contributed by atoms with E-state index in [1.807, 2.05) is 0 Å². The van der Waals surface area contributed by atoms with Crippen molar-refractivity contribution in [3.63, 3.8) is 0 Å². The molecule has 0 aliphatic carbocycles. The van der Waals surface area contributed by atoms with Crippen molar-refractivity contribution in [2.24, 2.45) is 0 Å². The van der Waals surface area contributed by atoms with Crippen molar-refractivity contribution in [2.45, 2.75) is 0 Å². The van der Waals surface area contributed by atoms with E-state index < -0.39 is 0 Å². The summed E-state index contributed by atoms with van der Waals surface area (Å²) in [4.78, 5) is 0. The minimum absolute atomic E-state index is 0. The minimum Gasteiger partial charge on any atom is -1.00 e. The molecule has 0 unspecified atom stereocenters. The van der Waals surface area contributed by atoms with Crippen LogP contribution in [0, 0.1) is 0 Å². The molecule has 0 heterocycles. The summed E-state index contributed by atoms with van der Waals surface area (Å²) in [5.41, 5.74) is 0. The van der Waals surface area contributed by atoms with Crippen molar-refractivity contribution in [1.29, 1.82) is 0 Å². The molecule has 0 nitrogen and oxygen atoms in total. The molecule has 0 amide bonds. The van der Waals surface area contributed by atoms with E-state index in [1.165, 1.54) is 0 Å². The Labute approximate surface area is 85.5 Å². The number of rotatable bonds is 0. The summed E-state index contributed by atoms with van der Waals surface area (Å²) < 4.78 is 0. The molecule has 0 fully saturated rings. The quantitative estimate of drug-likeness (QED) is 0.394. The van der Waals surface area contributed by atoms with Crippen LogP contribution in [0.15, 0.2) is 0 Å². The van der Waals surface area contributed by atoms with E-state index in [4.69, 9.17) is 0 Å². The van der Waals surface area contributed by atoms with Crippen molar-refractivity contribution in [3.8, 4) is 0 Å². The van der Waals surface area contributed by atoms with Gasteiger partial charge in [0.1, 0.15) is 0 Å². The van der Waals surface area contributed by atoms with Crippen molar-refractivity contribution in [2.75, 3.05) is 0 Å². The van der Waals surface area contributed by atoms with Gasteiger partial charge in [-0.15, -0.1) is 12.4 Å². The maximum Gasteiger partial charge on any atom is 1.00 e. The van der Waals surface area contributed by atoms with Crippen LogP contribution in [0.3, 0.4) is 0 Å². The van der Waals surface area contributed by atoms with Crippen molar-refractivity contribution in [1.82, 2.24) is 0 Å². The van der Waals surface area contributed by atoms with Crippen LogP contribution >= 0.6 is 12.4 Å². The normalized spacial score (nSPS) is 0. The number of hydrogen-bond acceptors (Lipinski definition) is 0. The summed E-state index contributed by atoms with van der Waals surface area (Å²) in [5, 5.41) is 0. The van der Waals surface area contributed by atoms with Gasteiger partial charge in [0.2, 0.25) is 0 Å². The Hall–Kier alpha value is 2.71. The molecule has 0 atom stereocenters. The SMILES string of the molecule is Cl.[AlH3].[BiH3].[H-].[Na+]. The number of halogens is 1. The fourth-order valence-corrected chi connectivity index (χ4v) is 0. The van der Waals surface area contributed by atoms with Crippen LogP contribution < -0.4 is 29.6 Å². The van der Waals surface area contributed by atoms with Gasteiger partial charge in [0.15, 0.2) is 17.4 Å². The predicted octanol–water partition coefficient (Wildman–Crippen LogP) is -4.83. The molecular formula is H8AlBiClNa. The molecule has 0 N–H and O–H groups in total. The van der Waals surface area contributed by atoms with Crippen LogP contribution in [-0.4, -0.2) is 43.6 Å². The molecule has 0 aliphatic rings. The van der Waals surface area contributed by atoms with Crippen LogP contribution in [0.5, 0.6) is 0 Å². The number of hydrogen-bond donors (Lipinski definition) is 0. The largest absolute Gasteiger partial charge is 1.00 e. The summed E-state index contributed by atoms with van der Waals surface area (Å²) >= 11 is 0. The van der Waals surface area contributed by atoms with Crippen molar-refractivity contribution < 1.29 is 31.0 Å². The van der Waals surface area contributed by atoms with Gasteiger partial charge < -0.3 is 1.43 Å². The molecule has 4 heteroatoms. The zero-order chi connectivity index (χ0) is 0. The van der Waals surface area contributed by atoms with E-state index in [0.29, 0.717) is 0 Å². The Morgan fingerprint density at radius 1 is 1.25 bits per heavy atom. The van der Waals surface area contributed by atoms with Gasteiger partial charge in [-0.2, -0.15) is 0 Å². The first kappa shape index (κ1) is 29.8. The molecule has 0 saturated carbocycles. The fourth-order valence-electron chi connectivity index (χ4n) is 0. The average Bonchev–Trinajstić information content (AvgIpc) is 0.